The lowest BCUT2D eigenvalue weighted by molar-refractivity contribution is -0.143. The number of carboxylic acid groups (broad SMARTS) is 1. The second-order valence-electron chi connectivity index (χ2n) is 10.7. The van der Waals surface area contributed by atoms with Crippen LogP contribution >= 0.6 is 0 Å². The van der Waals surface area contributed by atoms with Gasteiger partial charge in [-0.15, -0.1) is 0 Å². The van der Waals surface area contributed by atoms with E-state index in [2.05, 4.69) is 0 Å². The van der Waals surface area contributed by atoms with Crippen LogP contribution in [0.25, 0.3) is 10.9 Å². The first-order valence-electron chi connectivity index (χ1n) is 14.1. The lowest BCUT2D eigenvalue weighted by Gasteiger charge is -2.19. The average Bonchev–Trinajstić information content (AvgIpc) is 3.33. The van der Waals surface area contributed by atoms with Crippen LogP contribution in [-0.2, 0) is 32.1 Å². The summed E-state index contributed by atoms with van der Waals surface area (Å²) >= 11 is 0. The van der Waals surface area contributed by atoms with Crippen molar-refractivity contribution in [2.24, 2.45) is 0 Å². The Bertz CT molecular complexity index is 2010. The third kappa shape index (κ3) is 7.82. The Balaban J connectivity index is 1.70. The van der Waals surface area contributed by atoms with Gasteiger partial charge in [0.15, 0.2) is 0 Å². The SMILES string of the molecule is O=C(O)c1cccc(OCc2c(C(=O)C(F)(F)F)c3cc(OCc4ccccc4)ccc3n2Cc2ccc(C(F)(F)F)cc2C(F)(F)F)c1. The first-order valence-corrected chi connectivity index (χ1v) is 14.1. The molecular weight excluding hydrogens is 673 g/mol. The molecule has 0 amide bonds. The number of hydrogen-bond acceptors (Lipinski definition) is 4. The highest BCUT2D eigenvalue weighted by Gasteiger charge is 2.43. The molecule has 5 rings (SSSR count). The molecule has 0 atom stereocenters. The predicted molar refractivity (Wildman–Crippen MR) is 156 cm³/mol. The lowest BCUT2D eigenvalue weighted by Crippen LogP contribution is -2.25. The van der Waals surface area contributed by atoms with Crippen LogP contribution in [0.5, 0.6) is 11.5 Å². The maximum Gasteiger partial charge on any atom is 0.454 e. The Kier molecular flexibility index (Phi) is 9.39. The summed E-state index contributed by atoms with van der Waals surface area (Å²) in [6.45, 7) is -1.87. The van der Waals surface area contributed by atoms with E-state index < -0.39 is 71.4 Å². The number of ketones is 1. The molecule has 0 aliphatic heterocycles. The number of hydrogen-bond donors (Lipinski definition) is 1. The van der Waals surface area contributed by atoms with Gasteiger partial charge in [-0.25, -0.2) is 4.79 Å². The van der Waals surface area contributed by atoms with Gasteiger partial charge in [0.2, 0.25) is 0 Å². The van der Waals surface area contributed by atoms with E-state index in [0.29, 0.717) is 17.7 Å². The summed E-state index contributed by atoms with van der Waals surface area (Å²) in [4.78, 5) is 24.4. The van der Waals surface area contributed by atoms with Gasteiger partial charge < -0.3 is 19.1 Å². The summed E-state index contributed by atoms with van der Waals surface area (Å²) in [6, 6.07) is 17.8. The summed E-state index contributed by atoms with van der Waals surface area (Å²) in [5.74, 6) is -3.91. The summed E-state index contributed by atoms with van der Waals surface area (Å²) < 4.78 is 137. The molecule has 0 saturated carbocycles. The van der Waals surface area contributed by atoms with Crippen molar-refractivity contribution in [3.05, 3.63) is 130 Å². The van der Waals surface area contributed by atoms with Gasteiger partial charge in [0.25, 0.3) is 5.78 Å². The van der Waals surface area contributed by atoms with E-state index in [1.807, 2.05) is 0 Å². The zero-order valence-electron chi connectivity index (χ0n) is 24.7. The molecule has 0 bridgehead atoms. The van der Waals surface area contributed by atoms with Gasteiger partial charge >= 0.3 is 24.5 Å². The van der Waals surface area contributed by atoms with Crippen LogP contribution in [0.3, 0.4) is 0 Å². The molecule has 256 valence electrons. The van der Waals surface area contributed by atoms with Gasteiger partial charge in [0.1, 0.15) is 24.7 Å². The highest BCUT2D eigenvalue weighted by Crippen LogP contribution is 2.40. The second-order valence-corrected chi connectivity index (χ2v) is 10.7. The summed E-state index contributed by atoms with van der Waals surface area (Å²) in [6.07, 6.45) is -15.9. The number of carbonyl (C=O) groups excluding carboxylic acids is 1. The second kappa shape index (κ2) is 13.2. The third-order valence-electron chi connectivity index (χ3n) is 7.40. The standard InChI is InChI=1S/C34H22F9NO5/c35-32(36,37)22-10-9-21(26(14-22)33(38,39)40)16-44-27-12-11-24(48-17-19-5-2-1-3-6-19)15-25(27)29(30(45)34(41,42)43)28(44)18-49-23-8-4-7-20(13-23)31(46)47/h1-15H,16-18H2,(H,46,47). The van der Waals surface area contributed by atoms with Gasteiger partial charge in [0, 0.05) is 17.4 Å². The molecule has 0 fully saturated rings. The number of halogens is 9. The smallest absolute Gasteiger partial charge is 0.454 e. The van der Waals surface area contributed by atoms with E-state index in [4.69, 9.17) is 9.47 Å². The number of carboxylic acids is 1. The van der Waals surface area contributed by atoms with Crippen LogP contribution < -0.4 is 9.47 Å². The topological polar surface area (TPSA) is 77.8 Å². The molecule has 4 aromatic carbocycles. The van der Waals surface area contributed by atoms with Crippen LogP contribution in [0, 0.1) is 0 Å². The number of rotatable bonds is 10. The first-order chi connectivity index (χ1) is 22.9. The highest BCUT2D eigenvalue weighted by atomic mass is 19.4. The minimum absolute atomic E-state index is 0.00290. The molecule has 0 radical (unpaired) electrons. The fraction of sp³-hybridized carbons (Fsp3) is 0.176. The minimum atomic E-state index is -5.48. The van der Waals surface area contributed by atoms with E-state index in [1.165, 1.54) is 30.3 Å². The Morgan fingerprint density at radius 2 is 1.37 bits per heavy atom. The Morgan fingerprint density at radius 1 is 0.694 bits per heavy atom. The van der Waals surface area contributed by atoms with E-state index in [9.17, 15) is 54.2 Å². The van der Waals surface area contributed by atoms with E-state index in [1.54, 1.807) is 30.3 Å². The number of benzene rings is 4. The molecule has 49 heavy (non-hydrogen) atoms. The maximum absolute atomic E-state index is 14.1. The van der Waals surface area contributed by atoms with Gasteiger partial charge in [-0.05, 0) is 59.7 Å². The molecule has 1 aromatic heterocycles. The van der Waals surface area contributed by atoms with Gasteiger partial charge in [0.05, 0.1) is 27.9 Å². The minimum Gasteiger partial charge on any atom is -0.489 e. The average molecular weight is 696 g/mol. The summed E-state index contributed by atoms with van der Waals surface area (Å²) in [7, 11) is 0. The number of aromatic nitrogens is 1. The van der Waals surface area contributed by atoms with Crippen molar-refractivity contribution < 1.29 is 63.7 Å². The number of fused-ring (bicyclic) bond motifs is 1. The largest absolute Gasteiger partial charge is 0.489 e. The van der Waals surface area contributed by atoms with Crippen LogP contribution in [0.15, 0.2) is 91.0 Å². The van der Waals surface area contributed by atoms with Crippen molar-refractivity contribution in [3.8, 4) is 11.5 Å². The number of carbonyl (C=O) groups is 2. The zero-order valence-corrected chi connectivity index (χ0v) is 24.7. The van der Waals surface area contributed by atoms with E-state index in [-0.39, 0.29) is 40.6 Å². The van der Waals surface area contributed by atoms with Crippen molar-refractivity contribution in [1.82, 2.24) is 4.57 Å². The monoisotopic (exact) mass is 695 g/mol. The molecule has 1 heterocycles. The van der Waals surface area contributed by atoms with Crippen LogP contribution in [0.1, 0.15) is 48.7 Å². The highest BCUT2D eigenvalue weighted by molar-refractivity contribution is 6.12. The van der Waals surface area contributed by atoms with Crippen molar-refractivity contribution in [2.75, 3.05) is 0 Å². The first kappa shape index (κ1) is 34.9. The molecule has 1 N–H and O–H groups in total. The molecule has 0 saturated heterocycles. The zero-order chi connectivity index (χ0) is 35.7. The van der Waals surface area contributed by atoms with Crippen molar-refractivity contribution in [1.29, 1.82) is 0 Å². The van der Waals surface area contributed by atoms with Crippen molar-refractivity contribution >= 4 is 22.7 Å². The number of Topliss-reactive ketones (excluding diaryl/α,β-unsaturated/α-hetero) is 1. The summed E-state index contributed by atoms with van der Waals surface area (Å²) in [5, 5.41) is 8.92. The third-order valence-corrected chi connectivity index (χ3v) is 7.40. The van der Waals surface area contributed by atoms with Crippen LogP contribution in [-0.4, -0.2) is 27.6 Å². The molecule has 15 heteroatoms. The van der Waals surface area contributed by atoms with E-state index in [0.717, 1.165) is 16.7 Å². The van der Waals surface area contributed by atoms with E-state index >= 15 is 0 Å². The van der Waals surface area contributed by atoms with Gasteiger partial charge in [-0.2, -0.15) is 39.5 Å². The Labute approximate surface area is 270 Å². The number of nitrogens with zero attached hydrogens (tertiary/aromatic N) is 1. The fourth-order valence-corrected chi connectivity index (χ4v) is 5.14. The van der Waals surface area contributed by atoms with Gasteiger partial charge in [-0.3, -0.25) is 4.79 Å². The number of alkyl halides is 9. The lowest BCUT2D eigenvalue weighted by atomic mass is 10.0. The van der Waals surface area contributed by atoms with Gasteiger partial charge in [-0.1, -0.05) is 42.5 Å². The molecule has 0 spiro atoms. The van der Waals surface area contributed by atoms with Crippen LogP contribution in [0.2, 0.25) is 0 Å². The van der Waals surface area contributed by atoms with Crippen molar-refractivity contribution in [2.45, 2.75) is 38.3 Å². The summed E-state index contributed by atoms with van der Waals surface area (Å²) in [5.41, 5.74) is -5.38. The predicted octanol–water partition coefficient (Wildman–Crippen LogP) is 9.33. The van der Waals surface area contributed by atoms with Crippen molar-refractivity contribution in [3.63, 3.8) is 0 Å². The normalized spacial score (nSPS) is 12.3. The maximum atomic E-state index is 14.1. The fourth-order valence-electron chi connectivity index (χ4n) is 5.14. The Morgan fingerprint density at radius 3 is 2.00 bits per heavy atom. The quantitative estimate of drug-likeness (QED) is 0.116. The molecule has 0 unspecified atom stereocenters. The van der Waals surface area contributed by atoms with Crippen LogP contribution in [0.4, 0.5) is 39.5 Å². The molecule has 6 nitrogen and oxygen atoms in total. The Hall–Kier alpha value is -5.47. The molecule has 0 aliphatic carbocycles. The molecular formula is C34H22F9NO5. The molecule has 5 aromatic rings. The molecule has 0 aliphatic rings. The number of ether oxygens (including phenoxy) is 2. The number of aromatic carboxylic acids is 1.